The molecule has 6 heteroatoms. The van der Waals surface area contributed by atoms with Gasteiger partial charge in [0.25, 0.3) is 0 Å². The van der Waals surface area contributed by atoms with Crippen molar-refractivity contribution in [2.45, 2.75) is 13.8 Å². The SMILES string of the molecule is CCNc1nc(-c2cncn2C)nc(C)c1I. The van der Waals surface area contributed by atoms with Crippen molar-refractivity contribution in [3.63, 3.8) is 0 Å². The van der Waals surface area contributed by atoms with Gasteiger partial charge < -0.3 is 9.88 Å². The monoisotopic (exact) mass is 343 g/mol. The Morgan fingerprint density at radius 2 is 2.18 bits per heavy atom. The number of anilines is 1. The molecule has 0 bridgehead atoms. The van der Waals surface area contributed by atoms with Crippen LogP contribution in [0.3, 0.4) is 0 Å². The summed E-state index contributed by atoms with van der Waals surface area (Å²) in [6.07, 6.45) is 3.52. The van der Waals surface area contributed by atoms with Gasteiger partial charge in [-0.3, -0.25) is 0 Å². The molecule has 2 aromatic rings. The molecule has 0 fully saturated rings. The standard InChI is InChI=1S/C11H14IN5/c1-4-14-11-9(12)7(2)15-10(16-11)8-5-13-6-17(8)3/h5-6H,4H2,1-3H3,(H,14,15,16). The van der Waals surface area contributed by atoms with Crippen LogP contribution in [0.5, 0.6) is 0 Å². The number of nitrogens with zero attached hydrogens (tertiary/aromatic N) is 4. The van der Waals surface area contributed by atoms with E-state index < -0.39 is 0 Å². The molecule has 90 valence electrons. The van der Waals surface area contributed by atoms with Crippen molar-refractivity contribution in [3.8, 4) is 11.5 Å². The molecule has 0 amide bonds. The Morgan fingerprint density at radius 3 is 2.76 bits per heavy atom. The number of aromatic nitrogens is 4. The summed E-state index contributed by atoms with van der Waals surface area (Å²) in [7, 11) is 1.94. The summed E-state index contributed by atoms with van der Waals surface area (Å²) >= 11 is 2.26. The summed E-state index contributed by atoms with van der Waals surface area (Å²) in [5.74, 6) is 1.59. The third kappa shape index (κ3) is 2.41. The van der Waals surface area contributed by atoms with Crippen LogP contribution in [0.25, 0.3) is 11.5 Å². The van der Waals surface area contributed by atoms with Gasteiger partial charge in [-0.15, -0.1) is 0 Å². The third-order valence-electron chi connectivity index (χ3n) is 2.41. The van der Waals surface area contributed by atoms with Crippen LogP contribution < -0.4 is 5.32 Å². The Bertz CT molecular complexity index is 535. The highest BCUT2D eigenvalue weighted by molar-refractivity contribution is 14.1. The summed E-state index contributed by atoms with van der Waals surface area (Å²) in [4.78, 5) is 13.1. The molecule has 17 heavy (non-hydrogen) atoms. The minimum absolute atomic E-state index is 0.707. The molecule has 0 saturated heterocycles. The summed E-state index contributed by atoms with van der Waals surface area (Å²) in [5.41, 5.74) is 1.90. The van der Waals surface area contributed by atoms with Gasteiger partial charge in [-0.2, -0.15) is 0 Å². The van der Waals surface area contributed by atoms with Crippen molar-refractivity contribution in [2.75, 3.05) is 11.9 Å². The fraction of sp³-hybridized carbons (Fsp3) is 0.364. The van der Waals surface area contributed by atoms with Crippen LogP contribution in [-0.4, -0.2) is 26.1 Å². The first-order valence-corrected chi connectivity index (χ1v) is 6.46. The molecule has 2 aromatic heterocycles. The number of aryl methyl sites for hydroxylation is 2. The molecule has 5 nitrogen and oxygen atoms in total. The molecule has 0 aliphatic carbocycles. The molecule has 0 aromatic carbocycles. The quantitative estimate of drug-likeness (QED) is 0.869. The normalized spacial score (nSPS) is 10.6. The number of imidazole rings is 1. The summed E-state index contributed by atoms with van der Waals surface area (Å²) in [6, 6.07) is 0. The molecule has 0 unspecified atom stereocenters. The van der Waals surface area contributed by atoms with Crippen molar-refractivity contribution < 1.29 is 0 Å². The van der Waals surface area contributed by atoms with E-state index in [2.05, 4.69) is 49.8 Å². The maximum absolute atomic E-state index is 4.54. The van der Waals surface area contributed by atoms with Crippen LogP contribution in [0, 0.1) is 10.5 Å². The average Bonchev–Trinajstić information content (AvgIpc) is 2.71. The topological polar surface area (TPSA) is 55.6 Å². The molecule has 0 aliphatic rings. The molecule has 0 aliphatic heterocycles. The Morgan fingerprint density at radius 1 is 1.41 bits per heavy atom. The van der Waals surface area contributed by atoms with Crippen LogP contribution in [0.2, 0.25) is 0 Å². The fourth-order valence-corrected chi connectivity index (χ4v) is 1.96. The zero-order chi connectivity index (χ0) is 12.4. The maximum atomic E-state index is 4.54. The van der Waals surface area contributed by atoms with Crippen molar-refractivity contribution in [1.29, 1.82) is 0 Å². The Hall–Kier alpha value is -1.18. The predicted molar refractivity (Wildman–Crippen MR) is 75.9 cm³/mol. The van der Waals surface area contributed by atoms with Crippen LogP contribution in [-0.2, 0) is 7.05 Å². The number of nitrogens with one attached hydrogen (secondary N) is 1. The van der Waals surface area contributed by atoms with Gasteiger partial charge in [-0.1, -0.05) is 0 Å². The highest BCUT2D eigenvalue weighted by Gasteiger charge is 2.12. The highest BCUT2D eigenvalue weighted by atomic mass is 127. The minimum atomic E-state index is 0.707. The van der Waals surface area contributed by atoms with Crippen LogP contribution in [0.4, 0.5) is 5.82 Å². The highest BCUT2D eigenvalue weighted by Crippen LogP contribution is 2.22. The zero-order valence-electron chi connectivity index (χ0n) is 10.0. The Labute approximate surface area is 114 Å². The number of rotatable bonds is 3. The van der Waals surface area contributed by atoms with Crippen LogP contribution in [0.1, 0.15) is 12.6 Å². The third-order valence-corrected chi connectivity index (χ3v) is 3.70. The maximum Gasteiger partial charge on any atom is 0.180 e. The first-order valence-electron chi connectivity index (χ1n) is 5.38. The van der Waals surface area contributed by atoms with Gasteiger partial charge in [0, 0.05) is 13.6 Å². The second kappa shape index (κ2) is 4.99. The summed E-state index contributed by atoms with van der Waals surface area (Å²) in [5, 5.41) is 3.25. The second-order valence-corrected chi connectivity index (χ2v) is 4.79. The smallest absolute Gasteiger partial charge is 0.180 e. The lowest BCUT2D eigenvalue weighted by Crippen LogP contribution is -2.07. The first kappa shape index (κ1) is 12.3. The molecule has 2 heterocycles. The average molecular weight is 343 g/mol. The van der Waals surface area contributed by atoms with Crippen LogP contribution >= 0.6 is 22.6 Å². The lowest BCUT2D eigenvalue weighted by molar-refractivity contribution is 0.904. The van der Waals surface area contributed by atoms with Gasteiger partial charge in [-0.25, -0.2) is 15.0 Å². The second-order valence-electron chi connectivity index (χ2n) is 3.72. The Balaban J connectivity index is 2.53. The van der Waals surface area contributed by atoms with E-state index >= 15 is 0 Å². The molecule has 1 N–H and O–H groups in total. The van der Waals surface area contributed by atoms with E-state index in [4.69, 9.17) is 0 Å². The number of hydrogen-bond acceptors (Lipinski definition) is 4. The van der Waals surface area contributed by atoms with E-state index in [0.717, 1.165) is 27.3 Å². The van der Waals surface area contributed by atoms with E-state index in [1.165, 1.54) is 0 Å². The van der Waals surface area contributed by atoms with Gasteiger partial charge in [-0.05, 0) is 36.4 Å². The van der Waals surface area contributed by atoms with Gasteiger partial charge in [0.15, 0.2) is 5.82 Å². The zero-order valence-corrected chi connectivity index (χ0v) is 12.2. The van der Waals surface area contributed by atoms with Crippen molar-refractivity contribution in [1.82, 2.24) is 19.5 Å². The fourth-order valence-electron chi connectivity index (χ4n) is 1.53. The van der Waals surface area contributed by atoms with Crippen molar-refractivity contribution >= 4 is 28.4 Å². The van der Waals surface area contributed by atoms with Crippen molar-refractivity contribution in [3.05, 3.63) is 21.8 Å². The lowest BCUT2D eigenvalue weighted by atomic mass is 10.3. The van der Waals surface area contributed by atoms with Gasteiger partial charge >= 0.3 is 0 Å². The molecule has 0 radical (unpaired) electrons. The van der Waals surface area contributed by atoms with E-state index in [-0.39, 0.29) is 0 Å². The van der Waals surface area contributed by atoms with Gasteiger partial charge in [0.2, 0.25) is 0 Å². The van der Waals surface area contributed by atoms with E-state index in [1.54, 1.807) is 12.5 Å². The van der Waals surface area contributed by atoms with Gasteiger partial charge in [0.1, 0.15) is 11.5 Å². The molecular weight excluding hydrogens is 329 g/mol. The molecule has 2 rings (SSSR count). The van der Waals surface area contributed by atoms with E-state index in [0.29, 0.717) is 5.82 Å². The molecule has 0 saturated carbocycles. The predicted octanol–water partition coefficient (Wildman–Crippen LogP) is 2.22. The first-order chi connectivity index (χ1) is 8.13. The van der Waals surface area contributed by atoms with E-state index in [1.807, 2.05) is 18.5 Å². The van der Waals surface area contributed by atoms with Gasteiger partial charge in [0.05, 0.1) is 21.8 Å². The lowest BCUT2D eigenvalue weighted by Gasteiger charge is -2.10. The van der Waals surface area contributed by atoms with Crippen molar-refractivity contribution in [2.24, 2.45) is 7.05 Å². The van der Waals surface area contributed by atoms with Crippen LogP contribution in [0.15, 0.2) is 12.5 Å². The summed E-state index contributed by atoms with van der Waals surface area (Å²) < 4.78 is 2.98. The molecular formula is C11H14IN5. The summed E-state index contributed by atoms with van der Waals surface area (Å²) in [6.45, 7) is 4.89. The number of hydrogen-bond donors (Lipinski definition) is 1. The molecule has 0 atom stereocenters. The largest absolute Gasteiger partial charge is 0.369 e. The number of halogens is 1. The molecule has 0 spiro atoms. The Kier molecular flexibility index (Phi) is 3.60. The van der Waals surface area contributed by atoms with E-state index in [9.17, 15) is 0 Å². The minimum Gasteiger partial charge on any atom is -0.369 e.